The highest BCUT2D eigenvalue weighted by Gasteiger charge is 2.27. The summed E-state index contributed by atoms with van der Waals surface area (Å²) in [4.78, 5) is 31.1. The van der Waals surface area contributed by atoms with Crippen molar-refractivity contribution in [2.75, 3.05) is 26.3 Å². The zero-order valence-electron chi connectivity index (χ0n) is 16.1. The smallest absolute Gasteiger partial charge is 0.266 e. The van der Waals surface area contributed by atoms with Gasteiger partial charge in [-0.25, -0.2) is 4.98 Å². The van der Waals surface area contributed by atoms with E-state index >= 15 is 0 Å². The molecule has 1 aliphatic rings. The molecule has 0 bridgehead atoms. The van der Waals surface area contributed by atoms with Gasteiger partial charge in [0.05, 0.1) is 23.9 Å². The maximum Gasteiger partial charge on any atom is 0.266 e. The predicted octanol–water partition coefficient (Wildman–Crippen LogP) is 3.19. The van der Waals surface area contributed by atoms with Crippen molar-refractivity contribution in [1.82, 2.24) is 9.88 Å². The lowest BCUT2D eigenvalue weighted by molar-refractivity contribution is -0.0400. The molecule has 2 aromatic rings. The van der Waals surface area contributed by atoms with E-state index < -0.39 is 0 Å². The van der Waals surface area contributed by atoms with Crippen molar-refractivity contribution in [2.24, 2.45) is 0 Å². The molecule has 0 radical (unpaired) electrons. The van der Waals surface area contributed by atoms with E-state index in [9.17, 15) is 9.59 Å². The number of hydrogen-bond donors (Lipinski definition) is 0. The van der Waals surface area contributed by atoms with Crippen molar-refractivity contribution in [3.05, 3.63) is 44.9 Å². The number of hydrogen-bond acceptors (Lipinski definition) is 6. The molecule has 1 unspecified atom stereocenters. The van der Waals surface area contributed by atoms with Crippen LogP contribution in [-0.4, -0.2) is 54.0 Å². The molecule has 1 atom stereocenters. The maximum absolute atomic E-state index is 12.8. The first-order valence-electron chi connectivity index (χ1n) is 8.94. The quantitative estimate of drug-likeness (QED) is 0.736. The number of carbonyl (C=O) groups is 2. The van der Waals surface area contributed by atoms with Gasteiger partial charge in [0.15, 0.2) is 5.78 Å². The largest absolute Gasteiger partial charge is 0.491 e. The van der Waals surface area contributed by atoms with Crippen LogP contribution >= 0.6 is 11.3 Å². The lowest BCUT2D eigenvalue weighted by Crippen LogP contribution is -2.47. The summed E-state index contributed by atoms with van der Waals surface area (Å²) in [5.41, 5.74) is 2.36. The predicted molar refractivity (Wildman–Crippen MR) is 104 cm³/mol. The van der Waals surface area contributed by atoms with Gasteiger partial charge in [-0.3, -0.25) is 9.59 Å². The van der Waals surface area contributed by atoms with E-state index in [4.69, 9.17) is 9.47 Å². The molecule has 1 aromatic heterocycles. The van der Waals surface area contributed by atoms with E-state index in [2.05, 4.69) is 4.98 Å². The topological polar surface area (TPSA) is 68.7 Å². The number of amides is 1. The number of morpholine rings is 1. The van der Waals surface area contributed by atoms with Gasteiger partial charge in [0, 0.05) is 12.1 Å². The van der Waals surface area contributed by atoms with Crippen LogP contribution in [0.5, 0.6) is 5.75 Å². The molecule has 3 rings (SSSR count). The molecule has 144 valence electrons. The Morgan fingerprint density at radius 1 is 1.33 bits per heavy atom. The minimum absolute atomic E-state index is 0.00746. The van der Waals surface area contributed by atoms with E-state index in [0.29, 0.717) is 42.5 Å². The highest BCUT2D eigenvalue weighted by Crippen LogP contribution is 2.22. The number of Topliss-reactive ketones (excluding diaryl/α,β-unsaturated/α-hetero) is 1. The van der Waals surface area contributed by atoms with Crippen LogP contribution in [-0.2, 0) is 4.74 Å². The zero-order chi connectivity index (χ0) is 19.6. The fourth-order valence-electron chi connectivity index (χ4n) is 3.19. The molecular formula is C20H24N2O4S. The summed E-state index contributed by atoms with van der Waals surface area (Å²) >= 11 is 1.43. The summed E-state index contributed by atoms with van der Waals surface area (Å²) in [6.45, 7) is 9.10. The first-order valence-corrected chi connectivity index (χ1v) is 9.76. The highest BCUT2D eigenvalue weighted by atomic mass is 32.1. The molecule has 0 aliphatic carbocycles. The fraction of sp³-hybridized carbons (Fsp3) is 0.450. The summed E-state index contributed by atoms with van der Waals surface area (Å²) < 4.78 is 11.6. The second-order valence-electron chi connectivity index (χ2n) is 6.74. The number of aryl methyl sites for hydroxylation is 3. The fourth-order valence-corrected chi connectivity index (χ4v) is 4.08. The third kappa shape index (κ3) is 4.54. The molecule has 2 heterocycles. The Morgan fingerprint density at radius 3 is 2.74 bits per heavy atom. The lowest BCUT2D eigenvalue weighted by Gasteiger charge is -2.32. The number of benzene rings is 1. The van der Waals surface area contributed by atoms with Gasteiger partial charge < -0.3 is 14.4 Å². The van der Waals surface area contributed by atoms with Crippen molar-refractivity contribution in [2.45, 2.75) is 33.8 Å². The van der Waals surface area contributed by atoms with E-state index in [-0.39, 0.29) is 17.8 Å². The number of rotatable bonds is 5. The number of thiazole rings is 1. The van der Waals surface area contributed by atoms with E-state index in [1.165, 1.54) is 11.3 Å². The molecule has 1 saturated heterocycles. The van der Waals surface area contributed by atoms with Crippen LogP contribution in [0, 0.1) is 20.8 Å². The van der Waals surface area contributed by atoms with E-state index in [1.807, 2.05) is 31.7 Å². The molecule has 27 heavy (non-hydrogen) atoms. The maximum atomic E-state index is 12.8. The second kappa shape index (κ2) is 8.19. The van der Waals surface area contributed by atoms with E-state index in [1.54, 1.807) is 19.1 Å². The van der Waals surface area contributed by atoms with Crippen LogP contribution in [0.3, 0.4) is 0 Å². The van der Waals surface area contributed by atoms with Crippen LogP contribution in [0.2, 0.25) is 0 Å². The number of aromatic nitrogens is 1. The third-order valence-electron chi connectivity index (χ3n) is 4.54. The molecule has 1 aromatic carbocycles. The monoisotopic (exact) mass is 388 g/mol. The summed E-state index contributed by atoms with van der Waals surface area (Å²) in [6, 6.07) is 5.42. The Balaban J connectivity index is 1.60. The SMILES string of the molecule is CC(=O)c1ccc(OCC2CN(C(=O)c3sc(C)nc3C)CCO2)cc1C. The number of ketones is 1. The lowest BCUT2D eigenvalue weighted by atomic mass is 10.1. The molecule has 1 fully saturated rings. The summed E-state index contributed by atoms with van der Waals surface area (Å²) in [5, 5.41) is 0.897. The van der Waals surface area contributed by atoms with Gasteiger partial charge in [0.25, 0.3) is 5.91 Å². The molecule has 0 N–H and O–H groups in total. The standard InChI is InChI=1S/C20H24N2O4S/c1-12-9-16(5-6-18(12)14(3)23)26-11-17-10-22(7-8-25-17)20(24)19-13(2)21-15(4)27-19/h5-6,9,17H,7-8,10-11H2,1-4H3. The van der Waals surface area contributed by atoms with Crippen molar-refractivity contribution in [1.29, 1.82) is 0 Å². The van der Waals surface area contributed by atoms with Crippen LogP contribution < -0.4 is 4.74 Å². The molecule has 0 spiro atoms. The van der Waals surface area contributed by atoms with Crippen molar-refractivity contribution >= 4 is 23.0 Å². The van der Waals surface area contributed by atoms with Crippen molar-refractivity contribution in [3.63, 3.8) is 0 Å². The number of nitrogens with zero attached hydrogens (tertiary/aromatic N) is 2. The third-order valence-corrected chi connectivity index (χ3v) is 5.60. The zero-order valence-corrected chi connectivity index (χ0v) is 16.9. The Labute approximate surface area is 163 Å². The average molecular weight is 388 g/mol. The number of carbonyl (C=O) groups excluding carboxylic acids is 2. The van der Waals surface area contributed by atoms with Gasteiger partial charge in [0.1, 0.15) is 23.3 Å². The molecule has 1 amide bonds. The molecule has 6 nitrogen and oxygen atoms in total. The van der Waals surface area contributed by atoms with Gasteiger partial charge in [-0.15, -0.1) is 11.3 Å². The van der Waals surface area contributed by atoms with Gasteiger partial charge in [-0.05, 0) is 51.5 Å². The Morgan fingerprint density at radius 2 is 2.11 bits per heavy atom. The highest BCUT2D eigenvalue weighted by molar-refractivity contribution is 7.13. The molecular weight excluding hydrogens is 364 g/mol. The first-order chi connectivity index (χ1) is 12.8. The van der Waals surface area contributed by atoms with Crippen LogP contribution in [0.1, 0.15) is 43.2 Å². The minimum atomic E-state index is -0.190. The van der Waals surface area contributed by atoms with Crippen molar-refractivity contribution < 1.29 is 19.1 Å². The normalized spacial score (nSPS) is 17.0. The first kappa shape index (κ1) is 19.5. The summed E-state index contributed by atoms with van der Waals surface area (Å²) in [5.74, 6) is 0.740. The molecule has 1 aliphatic heterocycles. The van der Waals surface area contributed by atoms with Gasteiger partial charge >= 0.3 is 0 Å². The van der Waals surface area contributed by atoms with Crippen LogP contribution in [0.15, 0.2) is 18.2 Å². The van der Waals surface area contributed by atoms with Gasteiger partial charge in [0.2, 0.25) is 0 Å². The van der Waals surface area contributed by atoms with Gasteiger partial charge in [-0.1, -0.05) is 0 Å². The molecule has 7 heteroatoms. The summed E-state index contributed by atoms with van der Waals surface area (Å²) in [6.07, 6.45) is -0.190. The Kier molecular flexibility index (Phi) is 5.92. The van der Waals surface area contributed by atoms with Crippen LogP contribution in [0.25, 0.3) is 0 Å². The Bertz CT molecular complexity index is 862. The average Bonchev–Trinajstić information content (AvgIpc) is 2.97. The van der Waals surface area contributed by atoms with E-state index in [0.717, 1.165) is 16.3 Å². The van der Waals surface area contributed by atoms with Crippen LogP contribution in [0.4, 0.5) is 0 Å². The Hall–Kier alpha value is -2.25. The van der Waals surface area contributed by atoms with Crippen molar-refractivity contribution in [3.8, 4) is 5.75 Å². The molecule has 0 saturated carbocycles. The summed E-state index contributed by atoms with van der Waals surface area (Å²) in [7, 11) is 0. The second-order valence-corrected chi connectivity index (χ2v) is 7.94. The van der Waals surface area contributed by atoms with Gasteiger partial charge in [-0.2, -0.15) is 0 Å². The number of ether oxygens (including phenoxy) is 2. The minimum Gasteiger partial charge on any atom is -0.491 e.